The quantitative estimate of drug-likeness (QED) is 0.621. The molecule has 0 aromatic carbocycles. The van der Waals surface area contributed by atoms with Crippen LogP contribution in [-0.2, 0) is 0 Å². The van der Waals surface area contributed by atoms with Crippen molar-refractivity contribution in [3.8, 4) is 0 Å². The molecule has 0 fully saturated rings. The topological polar surface area (TPSA) is 26.0 Å². The lowest BCUT2D eigenvalue weighted by molar-refractivity contribution is 0.743. The van der Waals surface area contributed by atoms with Crippen LogP contribution in [-0.4, -0.2) is 17.5 Å². The maximum absolute atomic E-state index is 5.78. The van der Waals surface area contributed by atoms with Gasteiger partial charge in [-0.2, -0.15) is 11.8 Å². The monoisotopic (exact) mass is 159 g/mol. The second-order valence-electron chi connectivity index (χ2n) is 2.58. The average molecular weight is 159 g/mol. The Bertz CT molecular complexity index is 101. The van der Waals surface area contributed by atoms with E-state index < -0.39 is 0 Å². The van der Waals surface area contributed by atoms with Gasteiger partial charge >= 0.3 is 0 Å². The van der Waals surface area contributed by atoms with E-state index in [1.165, 1.54) is 5.57 Å². The molecule has 10 heavy (non-hydrogen) atoms. The molecule has 1 nitrogen and oxygen atoms in total. The number of thioether (sulfide) groups is 1. The zero-order valence-corrected chi connectivity index (χ0v) is 7.71. The minimum Gasteiger partial charge on any atom is -0.327 e. The molecule has 0 aliphatic rings. The molecule has 0 spiro atoms. The summed E-state index contributed by atoms with van der Waals surface area (Å²) in [5.74, 6) is 2.22. The number of hydrogen-bond donors (Lipinski definition) is 1. The SMILES string of the molecule is C=C(C)CC(N)CSCC. The Morgan fingerprint density at radius 2 is 2.30 bits per heavy atom. The fraction of sp³-hybridized carbons (Fsp3) is 0.750. The van der Waals surface area contributed by atoms with Crippen molar-refractivity contribution in [2.45, 2.75) is 26.3 Å². The third kappa shape index (κ3) is 6.17. The zero-order chi connectivity index (χ0) is 7.98. The Morgan fingerprint density at radius 1 is 1.70 bits per heavy atom. The van der Waals surface area contributed by atoms with Gasteiger partial charge in [0.15, 0.2) is 0 Å². The summed E-state index contributed by atoms with van der Waals surface area (Å²) >= 11 is 1.89. The molecule has 0 aromatic rings. The van der Waals surface area contributed by atoms with E-state index in [1.807, 2.05) is 18.7 Å². The van der Waals surface area contributed by atoms with E-state index in [-0.39, 0.29) is 0 Å². The van der Waals surface area contributed by atoms with Crippen LogP contribution in [0.3, 0.4) is 0 Å². The van der Waals surface area contributed by atoms with Crippen LogP contribution < -0.4 is 5.73 Å². The van der Waals surface area contributed by atoms with Gasteiger partial charge in [-0.3, -0.25) is 0 Å². The first-order valence-corrected chi connectivity index (χ1v) is 4.80. The van der Waals surface area contributed by atoms with Gasteiger partial charge in [0.1, 0.15) is 0 Å². The van der Waals surface area contributed by atoms with Crippen LogP contribution in [0.1, 0.15) is 20.3 Å². The summed E-state index contributed by atoms with van der Waals surface area (Å²) in [5.41, 5.74) is 6.96. The highest BCUT2D eigenvalue weighted by atomic mass is 32.2. The first-order valence-electron chi connectivity index (χ1n) is 3.64. The van der Waals surface area contributed by atoms with Crippen LogP contribution in [0.25, 0.3) is 0 Å². The number of rotatable bonds is 5. The maximum atomic E-state index is 5.78. The molecule has 0 radical (unpaired) electrons. The van der Waals surface area contributed by atoms with Crippen molar-refractivity contribution in [3.63, 3.8) is 0 Å². The van der Waals surface area contributed by atoms with Gasteiger partial charge in [0.2, 0.25) is 0 Å². The van der Waals surface area contributed by atoms with Crippen LogP contribution in [0.2, 0.25) is 0 Å². The minimum atomic E-state index is 0.308. The summed E-state index contributed by atoms with van der Waals surface area (Å²) in [6.45, 7) is 7.99. The minimum absolute atomic E-state index is 0.308. The van der Waals surface area contributed by atoms with Crippen molar-refractivity contribution in [2.75, 3.05) is 11.5 Å². The van der Waals surface area contributed by atoms with Crippen LogP contribution in [0.15, 0.2) is 12.2 Å². The molecule has 0 rings (SSSR count). The summed E-state index contributed by atoms with van der Waals surface area (Å²) in [5, 5.41) is 0. The Balaban J connectivity index is 3.25. The lowest BCUT2D eigenvalue weighted by Crippen LogP contribution is -2.22. The van der Waals surface area contributed by atoms with E-state index in [4.69, 9.17) is 5.73 Å². The van der Waals surface area contributed by atoms with Gasteiger partial charge in [-0.1, -0.05) is 12.5 Å². The van der Waals surface area contributed by atoms with Gasteiger partial charge in [-0.25, -0.2) is 0 Å². The fourth-order valence-corrected chi connectivity index (χ4v) is 1.43. The van der Waals surface area contributed by atoms with Crippen molar-refractivity contribution in [1.82, 2.24) is 0 Å². The van der Waals surface area contributed by atoms with Crippen LogP contribution in [0.5, 0.6) is 0 Å². The molecule has 0 bridgehead atoms. The third-order valence-electron chi connectivity index (χ3n) is 1.15. The smallest absolute Gasteiger partial charge is 0.0167 e. The van der Waals surface area contributed by atoms with E-state index >= 15 is 0 Å². The summed E-state index contributed by atoms with van der Waals surface area (Å²) < 4.78 is 0. The maximum Gasteiger partial charge on any atom is 0.0167 e. The van der Waals surface area contributed by atoms with E-state index in [1.54, 1.807) is 0 Å². The molecule has 0 amide bonds. The molecule has 0 saturated carbocycles. The molecular formula is C8H17NS. The van der Waals surface area contributed by atoms with Crippen molar-refractivity contribution in [1.29, 1.82) is 0 Å². The standard InChI is InChI=1S/C8H17NS/c1-4-10-6-8(9)5-7(2)3/h8H,2,4-6,9H2,1,3H3. The normalized spacial score (nSPS) is 13.1. The zero-order valence-electron chi connectivity index (χ0n) is 6.89. The van der Waals surface area contributed by atoms with Gasteiger partial charge in [-0.15, -0.1) is 6.58 Å². The van der Waals surface area contributed by atoms with Gasteiger partial charge in [0.05, 0.1) is 0 Å². The lowest BCUT2D eigenvalue weighted by Gasteiger charge is -2.09. The average Bonchev–Trinajstić information content (AvgIpc) is 1.82. The molecule has 2 N–H and O–H groups in total. The lowest BCUT2D eigenvalue weighted by atomic mass is 10.1. The Hall–Kier alpha value is 0.0500. The predicted molar refractivity (Wildman–Crippen MR) is 50.4 cm³/mol. The molecule has 1 unspecified atom stereocenters. The van der Waals surface area contributed by atoms with E-state index in [9.17, 15) is 0 Å². The predicted octanol–water partition coefficient (Wildman–Crippen LogP) is 2.03. The highest BCUT2D eigenvalue weighted by Crippen LogP contribution is 2.06. The molecule has 0 saturated heterocycles. The molecule has 60 valence electrons. The third-order valence-corrected chi connectivity index (χ3v) is 2.22. The van der Waals surface area contributed by atoms with Crippen LogP contribution >= 0.6 is 11.8 Å². The molecular weight excluding hydrogens is 142 g/mol. The Morgan fingerprint density at radius 3 is 2.70 bits per heavy atom. The molecule has 2 heteroatoms. The summed E-state index contributed by atoms with van der Waals surface area (Å²) in [6.07, 6.45) is 0.965. The molecule has 0 aromatic heterocycles. The largest absolute Gasteiger partial charge is 0.327 e. The molecule has 0 aliphatic heterocycles. The van der Waals surface area contributed by atoms with Gasteiger partial charge in [-0.05, 0) is 19.1 Å². The first kappa shape index (κ1) is 10.0. The van der Waals surface area contributed by atoms with Crippen molar-refractivity contribution < 1.29 is 0 Å². The van der Waals surface area contributed by atoms with Crippen molar-refractivity contribution in [2.24, 2.45) is 5.73 Å². The van der Waals surface area contributed by atoms with Crippen LogP contribution in [0.4, 0.5) is 0 Å². The summed E-state index contributed by atoms with van der Waals surface area (Å²) in [6, 6.07) is 0.308. The summed E-state index contributed by atoms with van der Waals surface area (Å²) in [4.78, 5) is 0. The number of nitrogens with two attached hydrogens (primary N) is 1. The van der Waals surface area contributed by atoms with E-state index in [2.05, 4.69) is 13.5 Å². The Labute approximate surface area is 68.1 Å². The Kier molecular flexibility index (Phi) is 5.84. The summed E-state index contributed by atoms with van der Waals surface area (Å²) in [7, 11) is 0. The first-order chi connectivity index (χ1) is 4.66. The van der Waals surface area contributed by atoms with Crippen molar-refractivity contribution >= 4 is 11.8 Å². The second kappa shape index (κ2) is 5.81. The van der Waals surface area contributed by atoms with Gasteiger partial charge < -0.3 is 5.73 Å². The highest BCUT2D eigenvalue weighted by Gasteiger charge is 2.00. The van der Waals surface area contributed by atoms with Crippen LogP contribution in [0, 0.1) is 0 Å². The second-order valence-corrected chi connectivity index (χ2v) is 3.90. The van der Waals surface area contributed by atoms with E-state index in [0.717, 1.165) is 17.9 Å². The van der Waals surface area contributed by atoms with Crippen molar-refractivity contribution in [3.05, 3.63) is 12.2 Å². The van der Waals surface area contributed by atoms with Gasteiger partial charge in [0, 0.05) is 11.8 Å². The molecule has 0 heterocycles. The number of hydrogen-bond acceptors (Lipinski definition) is 2. The molecule has 0 aliphatic carbocycles. The highest BCUT2D eigenvalue weighted by molar-refractivity contribution is 7.99. The fourth-order valence-electron chi connectivity index (χ4n) is 0.776. The molecule has 1 atom stereocenters. The van der Waals surface area contributed by atoms with E-state index in [0.29, 0.717) is 6.04 Å². The van der Waals surface area contributed by atoms with Gasteiger partial charge in [0.25, 0.3) is 0 Å².